The molecule has 108 valence electrons. The maximum Gasteiger partial charge on any atom is 0.224 e. The van der Waals surface area contributed by atoms with Gasteiger partial charge in [-0.1, -0.05) is 12.1 Å². The van der Waals surface area contributed by atoms with Crippen LogP contribution in [0.5, 0.6) is 0 Å². The van der Waals surface area contributed by atoms with E-state index in [0.717, 1.165) is 32.2 Å². The average molecular weight is 273 g/mol. The summed E-state index contributed by atoms with van der Waals surface area (Å²) in [5, 5.41) is 3.06. The average Bonchev–Trinajstić information content (AvgIpc) is 3.18. The van der Waals surface area contributed by atoms with E-state index in [2.05, 4.69) is 35.5 Å². The van der Waals surface area contributed by atoms with E-state index in [1.807, 2.05) is 0 Å². The summed E-state index contributed by atoms with van der Waals surface area (Å²) in [5.41, 5.74) is 9.72. The first kappa shape index (κ1) is 13.4. The fourth-order valence-corrected chi connectivity index (χ4v) is 2.86. The number of benzene rings is 1. The van der Waals surface area contributed by atoms with Crippen LogP contribution in [-0.4, -0.2) is 32.1 Å². The molecule has 2 aliphatic rings. The van der Waals surface area contributed by atoms with Crippen molar-refractivity contribution in [2.75, 3.05) is 25.0 Å². The maximum absolute atomic E-state index is 12.1. The first-order valence-electron chi connectivity index (χ1n) is 7.50. The van der Waals surface area contributed by atoms with Crippen LogP contribution in [0.4, 0.5) is 5.69 Å². The van der Waals surface area contributed by atoms with Gasteiger partial charge in [0.25, 0.3) is 0 Å². The number of amides is 1. The number of carbonyl (C=O) groups is 1. The number of carbonyl (C=O) groups excluding carboxylic acids is 1. The zero-order valence-corrected chi connectivity index (χ0v) is 12.1. The van der Waals surface area contributed by atoms with Crippen LogP contribution in [0.2, 0.25) is 0 Å². The van der Waals surface area contributed by atoms with Gasteiger partial charge in [-0.2, -0.15) is 0 Å². The lowest BCUT2D eigenvalue weighted by Gasteiger charge is -2.16. The molecular formula is C16H23N3O. The number of rotatable bonds is 5. The highest BCUT2D eigenvalue weighted by Crippen LogP contribution is 2.28. The SMILES string of the molecule is CN1CCc2cc(CC(CN)C(=O)NC3CC3)ccc21. The van der Waals surface area contributed by atoms with E-state index in [4.69, 9.17) is 5.73 Å². The highest BCUT2D eigenvalue weighted by atomic mass is 16.2. The lowest BCUT2D eigenvalue weighted by Crippen LogP contribution is -2.37. The summed E-state index contributed by atoms with van der Waals surface area (Å²) in [5.74, 6) is 0.0143. The van der Waals surface area contributed by atoms with Crippen molar-refractivity contribution in [2.24, 2.45) is 11.7 Å². The monoisotopic (exact) mass is 273 g/mol. The topological polar surface area (TPSA) is 58.4 Å². The standard InChI is InChI=1S/C16H23N3O/c1-19-7-6-12-8-11(2-5-15(12)19)9-13(10-17)16(20)18-14-3-4-14/h2,5,8,13-14H,3-4,6-7,9-10,17H2,1H3,(H,18,20). The largest absolute Gasteiger partial charge is 0.374 e. The third kappa shape index (κ3) is 2.80. The zero-order valence-electron chi connectivity index (χ0n) is 12.1. The molecule has 1 aromatic carbocycles. The van der Waals surface area contributed by atoms with Gasteiger partial charge in [0.1, 0.15) is 0 Å². The molecule has 0 radical (unpaired) electrons. The first-order chi connectivity index (χ1) is 9.67. The van der Waals surface area contributed by atoms with Gasteiger partial charge in [0, 0.05) is 31.9 Å². The molecule has 1 aliphatic heterocycles. The molecule has 0 saturated heterocycles. The molecule has 1 fully saturated rings. The summed E-state index contributed by atoms with van der Waals surface area (Å²) < 4.78 is 0. The number of nitrogens with zero attached hydrogens (tertiary/aromatic N) is 1. The summed E-state index contributed by atoms with van der Waals surface area (Å²) >= 11 is 0. The van der Waals surface area contributed by atoms with Crippen LogP contribution in [0.25, 0.3) is 0 Å². The Kier molecular flexibility index (Phi) is 3.66. The molecular weight excluding hydrogens is 250 g/mol. The van der Waals surface area contributed by atoms with E-state index in [-0.39, 0.29) is 11.8 Å². The third-order valence-electron chi connectivity index (χ3n) is 4.33. The third-order valence-corrected chi connectivity index (χ3v) is 4.33. The second-order valence-corrected chi connectivity index (χ2v) is 6.05. The quantitative estimate of drug-likeness (QED) is 0.844. The fraction of sp³-hybridized carbons (Fsp3) is 0.562. The summed E-state index contributed by atoms with van der Waals surface area (Å²) in [6.45, 7) is 1.50. The van der Waals surface area contributed by atoms with Gasteiger partial charge in [0.05, 0.1) is 5.92 Å². The molecule has 3 N–H and O–H groups in total. The van der Waals surface area contributed by atoms with Crippen molar-refractivity contribution in [3.8, 4) is 0 Å². The van der Waals surface area contributed by atoms with Crippen LogP contribution in [0.1, 0.15) is 24.0 Å². The maximum atomic E-state index is 12.1. The van der Waals surface area contributed by atoms with Crippen molar-refractivity contribution in [3.05, 3.63) is 29.3 Å². The molecule has 1 heterocycles. The molecule has 0 bridgehead atoms. The number of anilines is 1. The lowest BCUT2D eigenvalue weighted by molar-refractivity contribution is -0.124. The number of likely N-dealkylation sites (N-methyl/N-ethyl adjacent to an activating group) is 1. The highest BCUT2D eigenvalue weighted by Gasteiger charge is 2.27. The Morgan fingerprint density at radius 1 is 1.50 bits per heavy atom. The second-order valence-electron chi connectivity index (χ2n) is 6.05. The van der Waals surface area contributed by atoms with Crippen molar-refractivity contribution < 1.29 is 4.79 Å². The van der Waals surface area contributed by atoms with Gasteiger partial charge in [0.15, 0.2) is 0 Å². The van der Waals surface area contributed by atoms with Crippen molar-refractivity contribution >= 4 is 11.6 Å². The molecule has 1 atom stereocenters. The molecule has 1 saturated carbocycles. The zero-order chi connectivity index (χ0) is 14.1. The van der Waals surface area contributed by atoms with Crippen molar-refractivity contribution in [1.82, 2.24) is 5.32 Å². The highest BCUT2D eigenvalue weighted by molar-refractivity contribution is 5.79. The summed E-state index contributed by atoms with van der Waals surface area (Å²) in [4.78, 5) is 14.4. The first-order valence-corrected chi connectivity index (χ1v) is 7.50. The smallest absolute Gasteiger partial charge is 0.224 e. The summed E-state index contributed by atoms with van der Waals surface area (Å²) in [7, 11) is 2.12. The predicted octanol–water partition coefficient (Wildman–Crippen LogP) is 1.07. The van der Waals surface area contributed by atoms with E-state index < -0.39 is 0 Å². The lowest BCUT2D eigenvalue weighted by atomic mass is 9.96. The Hall–Kier alpha value is -1.55. The van der Waals surface area contributed by atoms with E-state index in [1.165, 1.54) is 16.8 Å². The van der Waals surface area contributed by atoms with Gasteiger partial charge in [-0.25, -0.2) is 0 Å². The molecule has 0 spiro atoms. The minimum atomic E-state index is -0.104. The Morgan fingerprint density at radius 3 is 3.00 bits per heavy atom. The Labute approximate surface area is 120 Å². The minimum absolute atomic E-state index is 0.104. The predicted molar refractivity (Wildman–Crippen MR) is 80.8 cm³/mol. The van der Waals surface area contributed by atoms with Crippen molar-refractivity contribution in [3.63, 3.8) is 0 Å². The van der Waals surface area contributed by atoms with Gasteiger partial charge in [0.2, 0.25) is 5.91 Å². The minimum Gasteiger partial charge on any atom is -0.374 e. The number of nitrogens with two attached hydrogens (primary N) is 1. The molecule has 0 aromatic heterocycles. The number of nitrogens with one attached hydrogen (secondary N) is 1. The van der Waals surface area contributed by atoms with Crippen molar-refractivity contribution in [2.45, 2.75) is 31.7 Å². The van der Waals surface area contributed by atoms with Gasteiger partial charge in [-0.15, -0.1) is 0 Å². The van der Waals surface area contributed by atoms with E-state index in [9.17, 15) is 4.79 Å². The molecule has 1 aromatic rings. The Bertz CT molecular complexity index is 510. The Morgan fingerprint density at radius 2 is 2.30 bits per heavy atom. The molecule has 3 rings (SSSR count). The molecule has 1 amide bonds. The number of fused-ring (bicyclic) bond motifs is 1. The molecule has 1 aliphatic carbocycles. The molecule has 4 heteroatoms. The fourth-order valence-electron chi connectivity index (χ4n) is 2.86. The normalized spacial score (nSPS) is 18.8. The van der Waals surface area contributed by atoms with E-state index in [1.54, 1.807) is 0 Å². The van der Waals surface area contributed by atoms with E-state index in [0.29, 0.717) is 12.6 Å². The number of hydrogen-bond donors (Lipinski definition) is 2. The second kappa shape index (κ2) is 5.44. The molecule has 20 heavy (non-hydrogen) atoms. The van der Waals surface area contributed by atoms with Crippen LogP contribution in [0.15, 0.2) is 18.2 Å². The summed E-state index contributed by atoms with van der Waals surface area (Å²) in [6, 6.07) is 6.95. The van der Waals surface area contributed by atoms with Gasteiger partial charge >= 0.3 is 0 Å². The van der Waals surface area contributed by atoms with Gasteiger partial charge in [-0.3, -0.25) is 4.79 Å². The summed E-state index contributed by atoms with van der Waals surface area (Å²) in [6.07, 6.45) is 4.08. The molecule has 4 nitrogen and oxygen atoms in total. The van der Waals surface area contributed by atoms with Crippen LogP contribution in [0.3, 0.4) is 0 Å². The van der Waals surface area contributed by atoms with Gasteiger partial charge < -0.3 is 16.0 Å². The van der Waals surface area contributed by atoms with Crippen LogP contribution >= 0.6 is 0 Å². The van der Waals surface area contributed by atoms with Crippen LogP contribution in [0, 0.1) is 5.92 Å². The Balaban J connectivity index is 1.67. The molecule has 1 unspecified atom stereocenters. The van der Waals surface area contributed by atoms with Gasteiger partial charge in [-0.05, 0) is 42.9 Å². The van der Waals surface area contributed by atoms with E-state index >= 15 is 0 Å². The van der Waals surface area contributed by atoms with Crippen LogP contribution < -0.4 is 16.0 Å². The van der Waals surface area contributed by atoms with Crippen molar-refractivity contribution in [1.29, 1.82) is 0 Å². The number of hydrogen-bond acceptors (Lipinski definition) is 3. The van der Waals surface area contributed by atoms with Crippen LogP contribution in [-0.2, 0) is 17.6 Å².